The molecule has 2 aliphatic rings. The standard InChI is InChI=1S/C28H36F3NO2/c1-4-20-5-10-24(11-6-20)34-26-12-9-22-7-8-23(17-25(22)27(26)28(29,30)31)18(2)32-15-13-21(14-16-32)19(3)33/h7-9,12,17-18,20-21,24,33H,3-6,10-11,13-16H2,1-2H3/t18?,20-,24+. The first-order valence-electron chi connectivity index (χ1n) is 12.6. The highest BCUT2D eigenvalue weighted by atomic mass is 19.4. The zero-order valence-electron chi connectivity index (χ0n) is 20.2. The first-order chi connectivity index (χ1) is 16.2. The Hall–Kier alpha value is -2.21. The molecule has 1 atom stereocenters. The summed E-state index contributed by atoms with van der Waals surface area (Å²) in [5, 5.41) is 10.5. The molecule has 1 saturated heterocycles. The predicted molar refractivity (Wildman–Crippen MR) is 130 cm³/mol. The van der Waals surface area contributed by atoms with Gasteiger partial charge in [0.2, 0.25) is 0 Å². The van der Waals surface area contributed by atoms with Crippen LogP contribution in [0.1, 0.15) is 76.0 Å². The summed E-state index contributed by atoms with van der Waals surface area (Å²) >= 11 is 0. The fourth-order valence-corrected chi connectivity index (χ4v) is 5.64. The Kier molecular flexibility index (Phi) is 7.46. The van der Waals surface area contributed by atoms with Gasteiger partial charge in [-0.3, -0.25) is 4.90 Å². The molecule has 186 valence electrons. The molecular weight excluding hydrogens is 439 g/mol. The smallest absolute Gasteiger partial charge is 0.420 e. The summed E-state index contributed by atoms with van der Waals surface area (Å²) in [6, 6.07) is 8.62. The van der Waals surface area contributed by atoms with E-state index in [1.54, 1.807) is 18.2 Å². The minimum Gasteiger partial charge on any atom is -0.513 e. The lowest BCUT2D eigenvalue weighted by molar-refractivity contribution is -0.138. The fraction of sp³-hybridized carbons (Fsp3) is 0.571. The van der Waals surface area contributed by atoms with Crippen LogP contribution < -0.4 is 4.74 Å². The van der Waals surface area contributed by atoms with Gasteiger partial charge in [0.25, 0.3) is 0 Å². The van der Waals surface area contributed by atoms with Crippen molar-refractivity contribution in [1.82, 2.24) is 4.90 Å². The van der Waals surface area contributed by atoms with E-state index in [1.165, 1.54) is 6.07 Å². The van der Waals surface area contributed by atoms with E-state index in [1.807, 2.05) is 13.0 Å². The maximum atomic E-state index is 14.3. The molecule has 1 N–H and O–H groups in total. The topological polar surface area (TPSA) is 32.7 Å². The number of nitrogens with zero attached hydrogens (tertiary/aromatic N) is 1. The highest BCUT2D eigenvalue weighted by molar-refractivity contribution is 5.89. The zero-order valence-corrected chi connectivity index (χ0v) is 20.2. The van der Waals surface area contributed by atoms with Gasteiger partial charge in [0.05, 0.1) is 11.9 Å². The number of fused-ring (bicyclic) bond motifs is 1. The normalized spacial score (nSPS) is 23.7. The van der Waals surface area contributed by atoms with Crippen molar-refractivity contribution >= 4 is 10.8 Å². The van der Waals surface area contributed by atoms with E-state index in [4.69, 9.17) is 4.74 Å². The van der Waals surface area contributed by atoms with E-state index in [2.05, 4.69) is 18.4 Å². The first-order valence-corrected chi connectivity index (χ1v) is 12.6. The van der Waals surface area contributed by atoms with Gasteiger partial charge in [-0.05, 0) is 92.9 Å². The van der Waals surface area contributed by atoms with Crippen LogP contribution in [0.4, 0.5) is 13.2 Å². The van der Waals surface area contributed by atoms with Crippen molar-refractivity contribution in [3.63, 3.8) is 0 Å². The summed E-state index contributed by atoms with van der Waals surface area (Å²) in [5.41, 5.74) is 0.201. The minimum atomic E-state index is -4.50. The molecule has 2 aromatic carbocycles. The second-order valence-corrected chi connectivity index (χ2v) is 10.1. The summed E-state index contributed by atoms with van der Waals surface area (Å²) in [4.78, 5) is 2.26. The Labute approximate surface area is 200 Å². The van der Waals surface area contributed by atoms with Gasteiger partial charge in [0.1, 0.15) is 11.3 Å². The van der Waals surface area contributed by atoms with Crippen molar-refractivity contribution in [1.29, 1.82) is 0 Å². The van der Waals surface area contributed by atoms with Crippen molar-refractivity contribution in [2.75, 3.05) is 13.1 Å². The minimum absolute atomic E-state index is 0.0210. The number of benzene rings is 2. The van der Waals surface area contributed by atoms with Crippen molar-refractivity contribution in [2.45, 2.75) is 77.1 Å². The molecule has 3 nitrogen and oxygen atoms in total. The number of alkyl halides is 3. The second kappa shape index (κ2) is 10.2. The molecular formula is C28H36F3NO2. The molecule has 2 fully saturated rings. The fourth-order valence-electron chi connectivity index (χ4n) is 5.64. The zero-order chi connectivity index (χ0) is 24.5. The summed E-state index contributed by atoms with van der Waals surface area (Å²) in [6.45, 7) is 9.41. The van der Waals surface area contributed by atoms with Gasteiger partial charge in [-0.15, -0.1) is 0 Å². The summed E-state index contributed by atoms with van der Waals surface area (Å²) in [7, 11) is 0. The van der Waals surface area contributed by atoms with Crippen molar-refractivity contribution in [2.24, 2.45) is 11.8 Å². The van der Waals surface area contributed by atoms with E-state index in [0.717, 1.165) is 63.6 Å². The molecule has 0 aromatic heterocycles. The lowest BCUT2D eigenvalue weighted by atomic mass is 9.86. The van der Waals surface area contributed by atoms with Gasteiger partial charge in [-0.2, -0.15) is 13.2 Å². The van der Waals surface area contributed by atoms with Crippen molar-refractivity contribution in [3.05, 3.63) is 53.8 Å². The first kappa shape index (κ1) is 24.9. The largest absolute Gasteiger partial charge is 0.513 e. The monoisotopic (exact) mass is 475 g/mol. The van der Waals surface area contributed by atoms with Crippen LogP contribution >= 0.6 is 0 Å². The Balaban J connectivity index is 1.61. The highest BCUT2D eigenvalue weighted by Crippen LogP contribution is 2.43. The predicted octanol–water partition coefficient (Wildman–Crippen LogP) is 8.05. The molecule has 6 heteroatoms. The van der Waals surface area contributed by atoms with Crippen LogP contribution in [0.2, 0.25) is 0 Å². The third-order valence-electron chi connectivity index (χ3n) is 7.99. The SMILES string of the molecule is C=C(O)C1CCN(C(C)c2ccc3ccc(O[C@H]4CC[C@@H](CC)CC4)c(C(F)(F)F)c3c2)CC1. The van der Waals surface area contributed by atoms with E-state index < -0.39 is 11.7 Å². The van der Waals surface area contributed by atoms with Crippen LogP contribution in [-0.2, 0) is 6.18 Å². The maximum Gasteiger partial charge on any atom is 0.420 e. The molecule has 0 bridgehead atoms. The van der Waals surface area contributed by atoms with Crippen LogP contribution in [0, 0.1) is 11.8 Å². The lowest BCUT2D eigenvalue weighted by Crippen LogP contribution is -2.36. The van der Waals surface area contributed by atoms with E-state index in [9.17, 15) is 18.3 Å². The van der Waals surface area contributed by atoms with Gasteiger partial charge >= 0.3 is 6.18 Å². The van der Waals surface area contributed by atoms with Crippen LogP contribution in [0.3, 0.4) is 0 Å². The molecule has 1 aliphatic carbocycles. The third-order valence-corrected chi connectivity index (χ3v) is 7.99. The molecule has 0 spiro atoms. The molecule has 0 radical (unpaired) electrons. The average molecular weight is 476 g/mol. The molecule has 0 amide bonds. The van der Waals surface area contributed by atoms with E-state index in [-0.39, 0.29) is 35.0 Å². The number of ether oxygens (including phenoxy) is 1. The molecule has 1 saturated carbocycles. The quantitative estimate of drug-likeness (QED) is 0.429. The van der Waals surface area contributed by atoms with Gasteiger partial charge in [0, 0.05) is 12.0 Å². The van der Waals surface area contributed by atoms with Crippen LogP contribution in [0.5, 0.6) is 5.75 Å². The molecule has 34 heavy (non-hydrogen) atoms. The Morgan fingerprint density at radius 2 is 1.74 bits per heavy atom. The Bertz CT molecular complexity index is 1000. The number of likely N-dealkylation sites (tertiary alicyclic amines) is 1. The Morgan fingerprint density at radius 1 is 1.09 bits per heavy atom. The lowest BCUT2D eigenvalue weighted by Gasteiger charge is -2.36. The number of halogens is 3. The maximum absolute atomic E-state index is 14.3. The van der Waals surface area contributed by atoms with Gasteiger partial charge < -0.3 is 9.84 Å². The number of aliphatic hydroxyl groups is 1. The molecule has 4 rings (SSSR count). The summed E-state index contributed by atoms with van der Waals surface area (Å²) in [5.74, 6) is 0.933. The molecule has 1 heterocycles. The number of hydrogen-bond donors (Lipinski definition) is 1. The molecule has 1 unspecified atom stereocenters. The summed E-state index contributed by atoms with van der Waals surface area (Å²) in [6.07, 6.45) is 1.70. The van der Waals surface area contributed by atoms with Crippen molar-refractivity contribution < 1.29 is 23.0 Å². The molecule has 1 aliphatic heterocycles. The highest BCUT2D eigenvalue weighted by Gasteiger charge is 2.38. The summed E-state index contributed by atoms with van der Waals surface area (Å²) < 4.78 is 49.0. The number of allylic oxidation sites excluding steroid dienone is 1. The third kappa shape index (κ3) is 5.37. The van der Waals surface area contributed by atoms with Gasteiger partial charge in [0.15, 0.2) is 0 Å². The number of piperidine rings is 1. The molecule has 2 aromatic rings. The van der Waals surface area contributed by atoms with Crippen molar-refractivity contribution in [3.8, 4) is 5.75 Å². The van der Waals surface area contributed by atoms with E-state index in [0.29, 0.717) is 11.3 Å². The van der Waals surface area contributed by atoms with Gasteiger partial charge in [-0.25, -0.2) is 0 Å². The van der Waals surface area contributed by atoms with Crippen LogP contribution in [0.25, 0.3) is 10.8 Å². The van der Waals surface area contributed by atoms with E-state index >= 15 is 0 Å². The Morgan fingerprint density at radius 3 is 2.32 bits per heavy atom. The van der Waals surface area contributed by atoms with Gasteiger partial charge in [-0.1, -0.05) is 38.1 Å². The second-order valence-electron chi connectivity index (χ2n) is 10.1. The van der Waals surface area contributed by atoms with Crippen LogP contribution in [-0.4, -0.2) is 29.2 Å². The van der Waals surface area contributed by atoms with Crippen LogP contribution in [0.15, 0.2) is 42.7 Å². The number of aliphatic hydroxyl groups excluding tert-OH is 1. The number of hydrogen-bond acceptors (Lipinski definition) is 3. The number of rotatable bonds is 6. The average Bonchev–Trinajstić information content (AvgIpc) is 2.82.